The highest BCUT2D eigenvalue weighted by Gasteiger charge is 2.21. The maximum atomic E-state index is 11.4. The Bertz CT molecular complexity index is 269. The van der Waals surface area contributed by atoms with Crippen LogP contribution in [0.2, 0.25) is 0 Å². The highest BCUT2D eigenvalue weighted by molar-refractivity contribution is 7.99. The van der Waals surface area contributed by atoms with Crippen LogP contribution >= 0.6 is 11.8 Å². The zero-order chi connectivity index (χ0) is 12.7. The first-order valence-electron chi connectivity index (χ1n) is 5.81. The number of amides is 1. The van der Waals surface area contributed by atoms with Crippen molar-refractivity contribution in [3.63, 3.8) is 0 Å². The summed E-state index contributed by atoms with van der Waals surface area (Å²) < 4.78 is 4.51. The number of rotatable bonds is 8. The van der Waals surface area contributed by atoms with Gasteiger partial charge < -0.3 is 15.8 Å². The third kappa shape index (κ3) is 6.53. The average Bonchev–Trinajstić information content (AvgIpc) is 3.14. The van der Waals surface area contributed by atoms with Crippen molar-refractivity contribution in [2.75, 3.05) is 25.2 Å². The Kier molecular flexibility index (Phi) is 6.36. The summed E-state index contributed by atoms with van der Waals surface area (Å²) >= 11 is 1.49. The van der Waals surface area contributed by atoms with Crippen LogP contribution in [0.1, 0.15) is 19.3 Å². The van der Waals surface area contributed by atoms with Gasteiger partial charge in [-0.25, -0.2) is 0 Å². The van der Waals surface area contributed by atoms with Crippen LogP contribution in [0, 0.1) is 5.92 Å². The van der Waals surface area contributed by atoms with E-state index in [2.05, 4.69) is 10.1 Å². The zero-order valence-corrected chi connectivity index (χ0v) is 10.9. The topological polar surface area (TPSA) is 81.4 Å². The van der Waals surface area contributed by atoms with Gasteiger partial charge in [-0.2, -0.15) is 11.8 Å². The largest absolute Gasteiger partial charge is 0.468 e. The average molecular weight is 260 g/mol. The first-order chi connectivity index (χ1) is 8.13. The van der Waals surface area contributed by atoms with Gasteiger partial charge in [-0.05, 0) is 30.9 Å². The van der Waals surface area contributed by atoms with Crippen molar-refractivity contribution in [1.29, 1.82) is 0 Å². The van der Waals surface area contributed by atoms with Gasteiger partial charge in [0, 0.05) is 6.54 Å². The normalized spacial score (nSPS) is 16.4. The van der Waals surface area contributed by atoms with Gasteiger partial charge in [0.15, 0.2) is 0 Å². The number of methoxy groups -OCH3 is 1. The van der Waals surface area contributed by atoms with E-state index in [1.54, 1.807) is 0 Å². The van der Waals surface area contributed by atoms with Gasteiger partial charge in [0.1, 0.15) is 6.04 Å². The molecule has 0 saturated heterocycles. The number of ether oxygens (including phenoxy) is 1. The Morgan fingerprint density at radius 2 is 2.24 bits per heavy atom. The highest BCUT2D eigenvalue weighted by atomic mass is 32.2. The highest BCUT2D eigenvalue weighted by Crippen LogP contribution is 2.27. The van der Waals surface area contributed by atoms with Gasteiger partial charge in [-0.15, -0.1) is 0 Å². The standard InChI is InChI=1S/C11H20N2O3S/c1-16-11(15)9(12)4-5-17-7-10(14)13-6-8-2-3-8/h8-9H,2-7,12H2,1H3,(H,13,14). The van der Waals surface area contributed by atoms with E-state index in [1.165, 1.54) is 31.7 Å². The van der Waals surface area contributed by atoms with Gasteiger partial charge in [-0.1, -0.05) is 0 Å². The predicted molar refractivity (Wildman–Crippen MR) is 67.7 cm³/mol. The lowest BCUT2D eigenvalue weighted by Crippen LogP contribution is -2.32. The molecule has 3 N–H and O–H groups in total. The van der Waals surface area contributed by atoms with E-state index >= 15 is 0 Å². The summed E-state index contributed by atoms with van der Waals surface area (Å²) in [6.07, 6.45) is 3.01. The molecule has 0 aromatic rings. The molecule has 1 amide bonds. The van der Waals surface area contributed by atoms with Crippen molar-refractivity contribution in [2.24, 2.45) is 11.7 Å². The number of carbonyl (C=O) groups is 2. The molecule has 5 nitrogen and oxygen atoms in total. The molecule has 0 aliphatic heterocycles. The molecule has 0 radical (unpaired) electrons. The molecule has 1 atom stereocenters. The molecule has 1 fully saturated rings. The van der Waals surface area contributed by atoms with E-state index in [9.17, 15) is 9.59 Å². The maximum Gasteiger partial charge on any atom is 0.322 e. The van der Waals surface area contributed by atoms with Crippen LogP contribution in [-0.2, 0) is 14.3 Å². The van der Waals surface area contributed by atoms with Crippen LogP contribution in [0.3, 0.4) is 0 Å². The van der Waals surface area contributed by atoms with E-state index in [0.29, 0.717) is 23.8 Å². The van der Waals surface area contributed by atoms with E-state index in [0.717, 1.165) is 6.54 Å². The fourth-order valence-corrected chi connectivity index (χ4v) is 2.13. The van der Waals surface area contributed by atoms with Crippen molar-refractivity contribution in [2.45, 2.75) is 25.3 Å². The van der Waals surface area contributed by atoms with Crippen molar-refractivity contribution in [3.8, 4) is 0 Å². The van der Waals surface area contributed by atoms with Crippen molar-refractivity contribution in [1.82, 2.24) is 5.32 Å². The van der Waals surface area contributed by atoms with Crippen molar-refractivity contribution in [3.05, 3.63) is 0 Å². The van der Waals surface area contributed by atoms with Gasteiger partial charge in [0.2, 0.25) is 5.91 Å². The number of thioether (sulfide) groups is 1. The molecule has 17 heavy (non-hydrogen) atoms. The molecule has 1 aliphatic carbocycles. The van der Waals surface area contributed by atoms with Gasteiger partial charge in [0.05, 0.1) is 12.9 Å². The Morgan fingerprint density at radius 3 is 2.82 bits per heavy atom. The summed E-state index contributed by atoms with van der Waals surface area (Å²) in [6.45, 7) is 0.807. The molecule has 1 rings (SSSR count). The molecule has 0 aromatic carbocycles. The fraction of sp³-hybridized carbons (Fsp3) is 0.818. The Hall–Kier alpha value is -0.750. The summed E-state index contributed by atoms with van der Waals surface area (Å²) in [5, 5.41) is 2.88. The molecule has 0 bridgehead atoms. The second kappa shape index (κ2) is 7.55. The van der Waals surface area contributed by atoms with Gasteiger partial charge >= 0.3 is 5.97 Å². The third-order valence-corrected chi connectivity index (χ3v) is 3.59. The van der Waals surface area contributed by atoms with Crippen LogP contribution in [0.15, 0.2) is 0 Å². The van der Waals surface area contributed by atoms with Crippen LogP contribution in [0.4, 0.5) is 0 Å². The number of nitrogens with two attached hydrogens (primary N) is 1. The Morgan fingerprint density at radius 1 is 1.53 bits per heavy atom. The van der Waals surface area contributed by atoms with E-state index in [-0.39, 0.29) is 5.91 Å². The Labute approximate surface area is 106 Å². The zero-order valence-electron chi connectivity index (χ0n) is 10.1. The number of nitrogens with one attached hydrogen (secondary N) is 1. The lowest BCUT2D eigenvalue weighted by molar-refractivity contribution is -0.142. The number of hydrogen-bond donors (Lipinski definition) is 2. The molecule has 1 saturated carbocycles. The molecule has 1 unspecified atom stereocenters. The smallest absolute Gasteiger partial charge is 0.322 e. The molecule has 1 aliphatic rings. The Balaban J connectivity index is 1.95. The maximum absolute atomic E-state index is 11.4. The van der Waals surface area contributed by atoms with Crippen LogP contribution < -0.4 is 11.1 Å². The minimum atomic E-state index is -0.581. The van der Waals surface area contributed by atoms with E-state index < -0.39 is 12.0 Å². The number of esters is 1. The summed E-state index contributed by atoms with van der Waals surface area (Å²) in [7, 11) is 1.32. The van der Waals surface area contributed by atoms with E-state index in [1.807, 2.05) is 0 Å². The van der Waals surface area contributed by atoms with Crippen LogP contribution in [-0.4, -0.2) is 43.1 Å². The van der Waals surface area contributed by atoms with Crippen molar-refractivity contribution < 1.29 is 14.3 Å². The van der Waals surface area contributed by atoms with Crippen molar-refractivity contribution >= 4 is 23.6 Å². The van der Waals surface area contributed by atoms with Crippen LogP contribution in [0.5, 0.6) is 0 Å². The second-order valence-electron chi connectivity index (χ2n) is 4.22. The summed E-state index contributed by atoms with van der Waals surface area (Å²) in [6, 6.07) is -0.581. The number of hydrogen-bond acceptors (Lipinski definition) is 5. The summed E-state index contributed by atoms with van der Waals surface area (Å²) in [4.78, 5) is 22.3. The lowest BCUT2D eigenvalue weighted by atomic mass is 10.2. The third-order valence-electron chi connectivity index (χ3n) is 2.60. The fourth-order valence-electron chi connectivity index (χ4n) is 1.28. The minimum absolute atomic E-state index is 0.0635. The summed E-state index contributed by atoms with van der Waals surface area (Å²) in [5.41, 5.74) is 5.56. The van der Waals surface area contributed by atoms with Crippen LogP contribution in [0.25, 0.3) is 0 Å². The predicted octanol–water partition coefficient (Wildman–Crippen LogP) is 0.136. The molecule has 0 aromatic heterocycles. The first-order valence-corrected chi connectivity index (χ1v) is 6.96. The second-order valence-corrected chi connectivity index (χ2v) is 5.32. The monoisotopic (exact) mass is 260 g/mol. The summed E-state index contributed by atoms with van der Waals surface area (Å²) in [5.74, 6) is 1.49. The van der Waals surface area contributed by atoms with Gasteiger partial charge in [-0.3, -0.25) is 9.59 Å². The SMILES string of the molecule is COC(=O)C(N)CCSCC(=O)NCC1CC1. The molecular formula is C11H20N2O3S. The molecular weight excluding hydrogens is 240 g/mol. The lowest BCUT2D eigenvalue weighted by Gasteiger charge is -2.08. The van der Waals surface area contributed by atoms with E-state index in [4.69, 9.17) is 5.73 Å². The molecule has 0 spiro atoms. The quantitative estimate of drug-likeness (QED) is 0.479. The number of carbonyl (C=O) groups excluding carboxylic acids is 2. The molecule has 98 valence electrons. The molecule has 0 heterocycles. The minimum Gasteiger partial charge on any atom is -0.468 e. The van der Waals surface area contributed by atoms with Gasteiger partial charge in [0.25, 0.3) is 0 Å². The molecule has 6 heteroatoms. The first kappa shape index (κ1) is 14.3.